The molecular weight excluding hydrogens is 222 g/mol. The summed E-state index contributed by atoms with van der Waals surface area (Å²) in [7, 11) is 4.98. The largest absolute Gasteiger partial charge is 0.383 e. The number of nitrogens with zero attached hydrogens (tertiary/aromatic N) is 3. The number of carbonyl (C=O) groups is 1. The van der Waals surface area contributed by atoms with Crippen LogP contribution in [0.5, 0.6) is 0 Å². The van der Waals surface area contributed by atoms with E-state index in [0.29, 0.717) is 32.0 Å². The van der Waals surface area contributed by atoms with Crippen molar-refractivity contribution in [1.82, 2.24) is 14.7 Å². The van der Waals surface area contributed by atoms with E-state index in [2.05, 4.69) is 5.10 Å². The molecule has 0 radical (unpaired) electrons. The van der Waals surface area contributed by atoms with Crippen LogP contribution in [0.15, 0.2) is 12.3 Å². The van der Waals surface area contributed by atoms with E-state index in [-0.39, 0.29) is 5.91 Å². The lowest BCUT2D eigenvalue weighted by Crippen LogP contribution is -2.37. The van der Waals surface area contributed by atoms with Crippen molar-refractivity contribution in [1.29, 1.82) is 0 Å². The second kappa shape index (κ2) is 7.03. The van der Waals surface area contributed by atoms with Crippen LogP contribution in [-0.2, 0) is 16.5 Å². The summed E-state index contributed by atoms with van der Waals surface area (Å²) in [6, 6.07) is 1.70. The van der Waals surface area contributed by atoms with Gasteiger partial charge in [0.2, 0.25) is 0 Å². The van der Waals surface area contributed by atoms with Gasteiger partial charge in [-0.25, -0.2) is 0 Å². The minimum absolute atomic E-state index is 0.0564. The molecule has 1 aromatic rings. The third-order valence-corrected chi connectivity index (χ3v) is 2.46. The molecule has 0 saturated carbocycles. The third-order valence-electron chi connectivity index (χ3n) is 2.46. The van der Waals surface area contributed by atoms with Crippen LogP contribution in [0.3, 0.4) is 0 Å². The number of hydrogen-bond acceptors (Lipinski definition) is 4. The summed E-state index contributed by atoms with van der Waals surface area (Å²) in [5.74, 6) is -0.0564. The van der Waals surface area contributed by atoms with Crippen molar-refractivity contribution >= 4 is 5.91 Å². The minimum Gasteiger partial charge on any atom is -0.383 e. The number of methoxy groups -OCH3 is 2. The molecule has 0 unspecified atom stereocenters. The van der Waals surface area contributed by atoms with Gasteiger partial charge in [0.25, 0.3) is 5.91 Å². The quantitative estimate of drug-likeness (QED) is 0.682. The molecule has 0 N–H and O–H groups in total. The van der Waals surface area contributed by atoms with Crippen molar-refractivity contribution < 1.29 is 14.3 Å². The highest BCUT2D eigenvalue weighted by Crippen LogP contribution is 2.03. The average molecular weight is 241 g/mol. The van der Waals surface area contributed by atoms with Gasteiger partial charge in [-0.05, 0) is 6.07 Å². The normalized spacial score (nSPS) is 10.5. The number of hydrogen-bond donors (Lipinski definition) is 0. The zero-order valence-electron chi connectivity index (χ0n) is 10.5. The Kier molecular flexibility index (Phi) is 5.65. The van der Waals surface area contributed by atoms with Gasteiger partial charge in [-0.3, -0.25) is 9.48 Å². The number of amides is 1. The van der Waals surface area contributed by atoms with Crippen molar-refractivity contribution in [3.05, 3.63) is 18.0 Å². The number of rotatable bonds is 7. The number of ether oxygens (including phenoxy) is 2. The van der Waals surface area contributed by atoms with Gasteiger partial charge in [-0.2, -0.15) is 5.10 Å². The van der Waals surface area contributed by atoms with E-state index in [1.807, 2.05) is 0 Å². The Bertz CT molecular complexity index is 343. The molecule has 17 heavy (non-hydrogen) atoms. The van der Waals surface area contributed by atoms with Crippen LogP contribution in [-0.4, -0.2) is 61.1 Å². The third kappa shape index (κ3) is 3.83. The number of aromatic nitrogens is 2. The zero-order valence-corrected chi connectivity index (χ0v) is 10.5. The maximum Gasteiger partial charge on any atom is 0.272 e. The van der Waals surface area contributed by atoms with Crippen LogP contribution in [0, 0.1) is 0 Å². The van der Waals surface area contributed by atoms with Crippen molar-refractivity contribution in [2.75, 3.05) is 40.5 Å². The minimum atomic E-state index is -0.0564. The fraction of sp³-hybridized carbons (Fsp3) is 0.636. The van der Waals surface area contributed by atoms with E-state index < -0.39 is 0 Å². The van der Waals surface area contributed by atoms with Crippen LogP contribution >= 0.6 is 0 Å². The van der Waals surface area contributed by atoms with Crippen LogP contribution in [0.25, 0.3) is 0 Å². The maximum absolute atomic E-state index is 12.2. The first-order valence-corrected chi connectivity index (χ1v) is 5.46. The molecule has 96 valence electrons. The first kappa shape index (κ1) is 13.7. The van der Waals surface area contributed by atoms with Crippen LogP contribution < -0.4 is 0 Å². The zero-order chi connectivity index (χ0) is 12.7. The van der Waals surface area contributed by atoms with E-state index in [4.69, 9.17) is 9.47 Å². The smallest absolute Gasteiger partial charge is 0.272 e. The van der Waals surface area contributed by atoms with Gasteiger partial charge in [0.15, 0.2) is 0 Å². The lowest BCUT2D eigenvalue weighted by molar-refractivity contribution is 0.0617. The van der Waals surface area contributed by atoms with Crippen LogP contribution in [0.4, 0.5) is 0 Å². The summed E-state index contributed by atoms with van der Waals surface area (Å²) in [6.45, 7) is 2.11. The summed E-state index contributed by atoms with van der Waals surface area (Å²) in [5, 5.41) is 3.99. The molecule has 0 atom stereocenters. The Labute approximate surface area is 101 Å². The Morgan fingerprint density at radius 2 is 1.94 bits per heavy atom. The van der Waals surface area contributed by atoms with Crippen molar-refractivity contribution in [2.24, 2.45) is 7.05 Å². The van der Waals surface area contributed by atoms with Gasteiger partial charge < -0.3 is 14.4 Å². The Hall–Kier alpha value is -1.40. The molecule has 0 saturated heterocycles. The molecule has 1 rings (SSSR count). The van der Waals surface area contributed by atoms with Gasteiger partial charge in [0.05, 0.1) is 13.2 Å². The summed E-state index contributed by atoms with van der Waals surface area (Å²) in [6.07, 6.45) is 1.61. The monoisotopic (exact) mass is 241 g/mol. The van der Waals surface area contributed by atoms with Gasteiger partial charge in [0.1, 0.15) is 5.69 Å². The summed E-state index contributed by atoms with van der Waals surface area (Å²) in [5.41, 5.74) is 0.567. The molecule has 0 spiro atoms. The molecule has 0 aliphatic heterocycles. The lowest BCUT2D eigenvalue weighted by atomic mass is 10.3. The summed E-state index contributed by atoms with van der Waals surface area (Å²) >= 11 is 0. The SMILES string of the molecule is COCCN(CCOC)C(=O)c1ccnn1C. The van der Waals surface area contributed by atoms with Crippen molar-refractivity contribution in [3.8, 4) is 0 Å². The molecule has 0 aromatic carbocycles. The Morgan fingerprint density at radius 3 is 2.35 bits per heavy atom. The highest BCUT2D eigenvalue weighted by molar-refractivity contribution is 5.92. The summed E-state index contributed by atoms with van der Waals surface area (Å²) < 4.78 is 11.6. The molecule has 6 heteroatoms. The van der Waals surface area contributed by atoms with Gasteiger partial charge in [-0.15, -0.1) is 0 Å². The van der Waals surface area contributed by atoms with Crippen molar-refractivity contribution in [3.63, 3.8) is 0 Å². The van der Waals surface area contributed by atoms with E-state index in [1.165, 1.54) is 0 Å². The average Bonchev–Trinajstić information content (AvgIpc) is 2.75. The first-order valence-electron chi connectivity index (χ1n) is 5.46. The Morgan fingerprint density at radius 1 is 1.35 bits per heavy atom. The fourth-order valence-electron chi connectivity index (χ4n) is 1.46. The van der Waals surface area contributed by atoms with Crippen LogP contribution in [0.2, 0.25) is 0 Å². The first-order chi connectivity index (χ1) is 8.20. The lowest BCUT2D eigenvalue weighted by Gasteiger charge is -2.21. The molecule has 0 fully saturated rings. The van der Waals surface area contributed by atoms with Gasteiger partial charge in [-0.1, -0.05) is 0 Å². The Balaban J connectivity index is 2.68. The fourth-order valence-corrected chi connectivity index (χ4v) is 1.46. The maximum atomic E-state index is 12.2. The molecule has 1 heterocycles. The molecule has 0 bridgehead atoms. The molecule has 0 aliphatic carbocycles. The van der Waals surface area contributed by atoms with Crippen LogP contribution in [0.1, 0.15) is 10.5 Å². The second-order valence-corrected chi connectivity index (χ2v) is 3.62. The second-order valence-electron chi connectivity index (χ2n) is 3.62. The van der Waals surface area contributed by atoms with Gasteiger partial charge >= 0.3 is 0 Å². The predicted molar refractivity (Wildman–Crippen MR) is 62.9 cm³/mol. The standard InChI is InChI=1S/C11H19N3O3/c1-13-10(4-5-12-13)11(15)14(6-8-16-2)7-9-17-3/h4-5H,6-9H2,1-3H3. The number of aryl methyl sites for hydroxylation is 1. The van der Waals surface area contributed by atoms with Gasteiger partial charge in [0, 0.05) is 40.6 Å². The highest BCUT2D eigenvalue weighted by atomic mass is 16.5. The summed E-state index contributed by atoms with van der Waals surface area (Å²) in [4.78, 5) is 13.9. The molecule has 0 aliphatic rings. The molecule has 6 nitrogen and oxygen atoms in total. The molecule has 1 amide bonds. The van der Waals surface area contributed by atoms with E-state index in [0.717, 1.165) is 0 Å². The predicted octanol–water partition coefficient (Wildman–Crippen LogP) is 0.155. The molecule has 1 aromatic heterocycles. The molecular formula is C11H19N3O3. The van der Waals surface area contributed by atoms with E-state index in [1.54, 1.807) is 43.1 Å². The topological polar surface area (TPSA) is 56.6 Å². The van der Waals surface area contributed by atoms with E-state index >= 15 is 0 Å². The van der Waals surface area contributed by atoms with Crippen molar-refractivity contribution in [2.45, 2.75) is 0 Å². The number of carbonyl (C=O) groups excluding carboxylic acids is 1. The highest BCUT2D eigenvalue weighted by Gasteiger charge is 2.17. The van der Waals surface area contributed by atoms with E-state index in [9.17, 15) is 4.79 Å².